The van der Waals surface area contributed by atoms with Crippen LogP contribution in [0.15, 0.2) is 12.3 Å². The third-order valence-electron chi connectivity index (χ3n) is 3.00. The first kappa shape index (κ1) is 13.9. The number of halogens is 2. The molecule has 1 aliphatic heterocycles. The highest BCUT2D eigenvalue weighted by atomic mass is 35.5. The van der Waals surface area contributed by atoms with Gasteiger partial charge in [0.1, 0.15) is 6.10 Å². The van der Waals surface area contributed by atoms with Crippen LogP contribution in [-0.2, 0) is 10.6 Å². The molecule has 1 saturated heterocycles. The molecule has 2 heterocycles. The lowest BCUT2D eigenvalue weighted by Crippen LogP contribution is -2.35. The fourth-order valence-corrected chi connectivity index (χ4v) is 2.70. The second kappa shape index (κ2) is 6.09. The van der Waals surface area contributed by atoms with Crippen LogP contribution in [0.25, 0.3) is 0 Å². The Morgan fingerprint density at radius 3 is 2.67 bits per heavy atom. The molecule has 2 unspecified atom stereocenters. The van der Waals surface area contributed by atoms with E-state index in [0.717, 1.165) is 18.4 Å². The number of rotatable bonds is 3. The molecule has 0 N–H and O–H groups in total. The zero-order chi connectivity index (χ0) is 13.1. The molecular formula is C13H17Cl2NO2. The molecule has 3 nitrogen and oxygen atoms in total. The van der Waals surface area contributed by atoms with Gasteiger partial charge in [-0.25, -0.2) is 4.98 Å². The molecule has 5 heteroatoms. The van der Waals surface area contributed by atoms with Gasteiger partial charge in [0.25, 0.3) is 0 Å². The van der Waals surface area contributed by atoms with E-state index in [9.17, 15) is 0 Å². The smallest absolute Gasteiger partial charge is 0.213 e. The first-order valence-electron chi connectivity index (χ1n) is 6.11. The fraction of sp³-hybridized carbons (Fsp3) is 0.615. The van der Waals surface area contributed by atoms with Gasteiger partial charge in [-0.05, 0) is 19.4 Å². The highest BCUT2D eigenvalue weighted by Crippen LogP contribution is 2.26. The van der Waals surface area contributed by atoms with Gasteiger partial charge in [-0.1, -0.05) is 11.6 Å². The summed E-state index contributed by atoms with van der Waals surface area (Å²) in [6.45, 7) is 4.12. The highest BCUT2D eigenvalue weighted by Gasteiger charge is 2.26. The van der Waals surface area contributed by atoms with Gasteiger partial charge in [0.15, 0.2) is 0 Å². The molecule has 2 rings (SSSR count). The van der Waals surface area contributed by atoms with E-state index in [1.807, 2.05) is 0 Å². The number of hydrogen-bond donors (Lipinski definition) is 0. The molecule has 100 valence electrons. The number of hydrogen-bond acceptors (Lipinski definition) is 3. The van der Waals surface area contributed by atoms with Crippen LogP contribution in [0, 0.1) is 0 Å². The summed E-state index contributed by atoms with van der Waals surface area (Å²) in [6.07, 6.45) is 3.92. The average Bonchev–Trinajstić information content (AvgIpc) is 2.30. The van der Waals surface area contributed by atoms with Gasteiger partial charge >= 0.3 is 0 Å². The second-order valence-corrected chi connectivity index (χ2v) is 5.39. The summed E-state index contributed by atoms with van der Waals surface area (Å²) in [5.41, 5.74) is 0.844. The number of pyridine rings is 1. The SMILES string of the molecule is CC1CC(Oc2cc(CCl)c(Cl)cn2)CC(C)O1. The van der Waals surface area contributed by atoms with Crippen LogP contribution < -0.4 is 4.74 Å². The van der Waals surface area contributed by atoms with Crippen molar-refractivity contribution >= 4 is 23.2 Å². The molecular weight excluding hydrogens is 273 g/mol. The first-order valence-corrected chi connectivity index (χ1v) is 7.02. The van der Waals surface area contributed by atoms with E-state index >= 15 is 0 Å². The van der Waals surface area contributed by atoms with Gasteiger partial charge in [-0.2, -0.15) is 0 Å². The lowest BCUT2D eigenvalue weighted by molar-refractivity contribution is -0.0729. The molecule has 0 aromatic carbocycles. The van der Waals surface area contributed by atoms with Crippen LogP contribution >= 0.6 is 23.2 Å². The maximum absolute atomic E-state index is 5.96. The minimum absolute atomic E-state index is 0.139. The Hall–Kier alpha value is -0.510. The summed E-state index contributed by atoms with van der Waals surface area (Å²) in [7, 11) is 0. The average molecular weight is 290 g/mol. The summed E-state index contributed by atoms with van der Waals surface area (Å²) >= 11 is 11.8. The molecule has 0 aliphatic carbocycles. The summed E-state index contributed by atoms with van der Waals surface area (Å²) in [5.74, 6) is 0.944. The van der Waals surface area contributed by atoms with Crippen molar-refractivity contribution in [2.45, 2.75) is 50.9 Å². The quantitative estimate of drug-likeness (QED) is 0.793. The summed E-state index contributed by atoms with van der Waals surface area (Å²) in [4.78, 5) is 4.18. The van der Waals surface area contributed by atoms with Crippen LogP contribution in [0.4, 0.5) is 0 Å². The van der Waals surface area contributed by atoms with E-state index in [0.29, 0.717) is 16.8 Å². The molecule has 0 saturated carbocycles. The van der Waals surface area contributed by atoms with Crippen molar-refractivity contribution in [1.29, 1.82) is 0 Å². The lowest BCUT2D eigenvalue weighted by Gasteiger charge is -2.32. The maximum Gasteiger partial charge on any atom is 0.213 e. The number of ether oxygens (including phenoxy) is 2. The van der Waals surface area contributed by atoms with E-state index in [-0.39, 0.29) is 18.3 Å². The summed E-state index contributed by atoms with van der Waals surface area (Å²) in [5, 5.41) is 0.575. The third-order valence-corrected chi connectivity index (χ3v) is 3.62. The predicted octanol–water partition coefficient (Wildman–Crippen LogP) is 3.81. The Morgan fingerprint density at radius 2 is 2.06 bits per heavy atom. The van der Waals surface area contributed by atoms with Crippen molar-refractivity contribution in [1.82, 2.24) is 4.98 Å². The summed E-state index contributed by atoms with van der Waals surface area (Å²) < 4.78 is 11.6. The van der Waals surface area contributed by atoms with Crippen molar-refractivity contribution in [3.05, 3.63) is 22.8 Å². The zero-order valence-corrected chi connectivity index (χ0v) is 12.0. The van der Waals surface area contributed by atoms with E-state index in [4.69, 9.17) is 32.7 Å². The Morgan fingerprint density at radius 1 is 1.39 bits per heavy atom. The topological polar surface area (TPSA) is 31.4 Å². The molecule has 1 aliphatic rings. The van der Waals surface area contributed by atoms with Crippen LogP contribution in [0.2, 0.25) is 5.02 Å². The van der Waals surface area contributed by atoms with E-state index in [1.165, 1.54) is 0 Å². The third kappa shape index (κ3) is 3.50. The van der Waals surface area contributed by atoms with Crippen molar-refractivity contribution in [2.24, 2.45) is 0 Å². The van der Waals surface area contributed by atoms with Crippen LogP contribution in [0.3, 0.4) is 0 Å². The van der Waals surface area contributed by atoms with E-state index < -0.39 is 0 Å². The van der Waals surface area contributed by atoms with Crippen LogP contribution in [0.5, 0.6) is 5.88 Å². The Bertz CT molecular complexity index is 404. The molecule has 18 heavy (non-hydrogen) atoms. The van der Waals surface area contributed by atoms with Crippen molar-refractivity contribution < 1.29 is 9.47 Å². The summed E-state index contributed by atoms with van der Waals surface area (Å²) in [6, 6.07) is 1.81. The normalized spacial score (nSPS) is 28.1. The predicted molar refractivity (Wildman–Crippen MR) is 72.5 cm³/mol. The zero-order valence-electron chi connectivity index (χ0n) is 10.5. The minimum Gasteiger partial charge on any atom is -0.474 e. The standard InChI is InChI=1S/C13H17Cl2NO2/c1-8-3-11(4-9(2)17-8)18-13-5-10(6-14)12(15)7-16-13/h5,7-9,11H,3-4,6H2,1-2H3. The molecule has 0 bridgehead atoms. The van der Waals surface area contributed by atoms with Gasteiger partial charge in [0, 0.05) is 31.0 Å². The number of alkyl halides is 1. The second-order valence-electron chi connectivity index (χ2n) is 4.72. The lowest BCUT2D eigenvalue weighted by atomic mass is 10.0. The number of aromatic nitrogens is 1. The molecule has 0 spiro atoms. The first-order chi connectivity index (χ1) is 8.58. The van der Waals surface area contributed by atoms with Crippen molar-refractivity contribution in [3.8, 4) is 5.88 Å². The monoisotopic (exact) mass is 289 g/mol. The molecule has 1 fully saturated rings. The van der Waals surface area contributed by atoms with Gasteiger partial charge in [0.05, 0.1) is 17.2 Å². The largest absolute Gasteiger partial charge is 0.474 e. The van der Waals surface area contributed by atoms with Gasteiger partial charge in [-0.15, -0.1) is 11.6 Å². The van der Waals surface area contributed by atoms with E-state index in [2.05, 4.69) is 18.8 Å². The number of nitrogens with zero attached hydrogens (tertiary/aromatic N) is 1. The van der Waals surface area contributed by atoms with Crippen LogP contribution in [0.1, 0.15) is 32.3 Å². The maximum atomic E-state index is 5.96. The Kier molecular flexibility index (Phi) is 4.71. The van der Waals surface area contributed by atoms with Gasteiger partial charge in [-0.3, -0.25) is 0 Å². The van der Waals surface area contributed by atoms with Crippen LogP contribution in [-0.4, -0.2) is 23.3 Å². The Labute approximate surface area is 117 Å². The molecule has 0 radical (unpaired) electrons. The highest BCUT2D eigenvalue weighted by molar-refractivity contribution is 6.32. The molecule has 0 amide bonds. The molecule has 1 aromatic heterocycles. The molecule has 1 aromatic rings. The van der Waals surface area contributed by atoms with Gasteiger partial charge < -0.3 is 9.47 Å². The van der Waals surface area contributed by atoms with Crippen molar-refractivity contribution in [3.63, 3.8) is 0 Å². The Balaban J connectivity index is 2.04. The van der Waals surface area contributed by atoms with E-state index in [1.54, 1.807) is 12.3 Å². The van der Waals surface area contributed by atoms with Gasteiger partial charge in [0.2, 0.25) is 5.88 Å². The fourth-order valence-electron chi connectivity index (χ4n) is 2.24. The minimum atomic E-state index is 0.139. The molecule has 2 atom stereocenters. The van der Waals surface area contributed by atoms with Crippen molar-refractivity contribution in [2.75, 3.05) is 0 Å².